The fourth-order valence-corrected chi connectivity index (χ4v) is 3.43. The summed E-state index contributed by atoms with van der Waals surface area (Å²) in [5.74, 6) is -0.575. The maximum absolute atomic E-state index is 12.4. The Labute approximate surface area is 164 Å². The van der Waals surface area contributed by atoms with Gasteiger partial charge in [-0.1, -0.05) is 59.6 Å². The molecule has 0 fully saturated rings. The van der Waals surface area contributed by atoms with Gasteiger partial charge in [0, 0.05) is 7.05 Å². The van der Waals surface area contributed by atoms with E-state index >= 15 is 0 Å². The van der Waals surface area contributed by atoms with Crippen molar-refractivity contribution in [3.05, 3.63) is 70.8 Å². The Balaban J connectivity index is 1.93. The fraction of sp³-hybridized carbons (Fsp3) is 0.158. The summed E-state index contributed by atoms with van der Waals surface area (Å²) >= 11 is 6.02. The summed E-state index contributed by atoms with van der Waals surface area (Å²) in [5, 5.41) is 4.06. The van der Waals surface area contributed by atoms with E-state index in [1.807, 2.05) is 37.3 Å². The van der Waals surface area contributed by atoms with E-state index < -0.39 is 15.9 Å². The summed E-state index contributed by atoms with van der Waals surface area (Å²) in [4.78, 5) is 12.1. The number of sulfonamides is 1. The number of rotatable bonds is 7. The molecule has 0 atom stereocenters. The van der Waals surface area contributed by atoms with Gasteiger partial charge >= 0.3 is 0 Å². The fourth-order valence-electron chi connectivity index (χ4n) is 2.12. The van der Waals surface area contributed by atoms with Crippen molar-refractivity contribution in [1.82, 2.24) is 9.73 Å². The van der Waals surface area contributed by atoms with Crippen LogP contribution in [0.4, 0.5) is 0 Å². The second-order valence-corrected chi connectivity index (χ2v) is 8.29. The molecule has 0 aromatic heterocycles. The topological polar surface area (TPSA) is 78.8 Å². The van der Waals surface area contributed by atoms with Crippen LogP contribution in [0.15, 0.2) is 69.6 Å². The number of amides is 1. The zero-order valence-electron chi connectivity index (χ0n) is 15.0. The molecule has 0 unspecified atom stereocenters. The first-order valence-electron chi connectivity index (χ1n) is 8.06. The highest BCUT2D eigenvalue weighted by atomic mass is 35.5. The summed E-state index contributed by atoms with van der Waals surface area (Å²) in [6.07, 6.45) is 2.96. The molecule has 1 N–H and O–H groups in total. The van der Waals surface area contributed by atoms with Gasteiger partial charge in [0.05, 0.1) is 22.7 Å². The number of carbonyl (C=O) groups excluding carboxylic acids is 1. The van der Waals surface area contributed by atoms with E-state index in [4.69, 9.17) is 11.6 Å². The Morgan fingerprint density at radius 3 is 2.41 bits per heavy atom. The number of halogens is 1. The van der Waals surface area contributed by atoms with Gasteiger partial charge in [0.25, 0.3) is 5.91 Å². The lowest BCUT2D eigenvalue weighted by atomic mass is 10.2. The summed E-state index contributed by atoms with van der Waals surface area (Å²) in [7, 11) is -2.42. The molecule has 0 aliphatic carbocycles. The summed E-state index contributed by atoms with van der Waals surface area (Å²) in [6, 6.07) is 15.8. The van der Waals surface area contributed by atoms with E-state index in [0.29, 0.717) is 5.03 Å². The molecule has 0 aliphatic rings. The summed E-state index contributed by atoms with van der Waals surface area (Å²) in [6.45, 7) is 1.50. The van der Waals surface area contributed by atoms with Crippen molar-refractivity contribution in [2.24, 2.45) is 5.10 Å². The zero-order valence-corrected chi connectivity index (χ0v) is 16.5. The first-order chi connectivity index (χ1) is 12.8. The van der Waals surface area contributed by atoms with Gasteiger partial charge in [-0.3, -0.25) is 4.79 Å². The van der Waals surface area contributed by atoms with E-state index in [0.717, 1.165) is 15.4 Å². The number of carbonyl (C=O) groups is 1. The molecule has 1 amide bonds. The number of nitrogens with zero attached hydrogens (tertiary/aromatic N) is 2. The van der Waals surface area contributed by atoms with Crippen LogP contribution >= 0.6 is 11.6 Å². The minimum absolute atomic E-state index is 0.126. The summed E-state index contributed by atoms with van der Waals surface area (Å²) in [5.41, 5.74) is 4.10. The number of allylic oxidation sites excluding steroid dienone is 1. The quantitative estimate of drug-likeness (QED) is 0.568. The van der Waals surface area contributed by atoms with E-state index in [1.165, 1.54) is 25.4 Å². The standard InChI is InChI=1S/C19H20ClN3O3S/c1-15-8-10-18(11-9-15)27(25,26)23(2)14-19(24)22-21-13-17(20)12-16-6-4-3-5-7-16/h3-13H,14H2,1-2H3,(H,22,24)/b17-12-,21-13-. The van der Waals surface area contributed by atoms with Crippen molar-refractivity contribution >= 4 is 39.8 Å². The molecule has 27 heavy (non-hydrogen) atoms. The Morgan fingerprint density at radius 1 is 1.15 bits per heavy atom. The molecule has 0 saturated carbocycles. The average Bonchev–Trinajstić information content (AvgIpc) is 2.62. The van der Waals surface area contributed by atoms with Crippen LogP contribution in [-0.4, -0.2) is 38.4 Å². The molecule has 0 saturated heterocycles. The minimum atomic E-state index is -3.75. The highest BCUT2D eigenvalue weighted by molar-refractivity contribution is 7.89. The van der Waals surface area contributed by atoms with Crippen LogP contribution < -0.4 is 5.43 Å². The monoisotopic (exact) mass is 405 g/mol. The normalized spacial score (nSPS) is 12.5. The molecule has 6 nitrogen and oxygen atoms in total. The lowest BCUT2D eigenvalue weighted by Crippen LogP contribution is -2.36. The van der Waals surface area contributed by atoms with Crippen LogP contribution in [0, 0.1) is 6.92 Å². The second-order valence-electron chi connectivity index (χ2n) is 5.81. The van der Waals surface area contributed by atoms with Crippen molar-refractivity contribution in [3.8, 4) is 0 Å². The third kappa shape index (κ3) is 6.32. The maximum Gasteiger partial charge on any atom is 0.255 e. The molecular weight excluding hydrogens is 386 g/mol. The van der Waals surface area contributed by atoms with Gasteiger partial charge in [0.1, 0.15) is 0 Å². The molecule has 0 bridgehead atoms. The van der Waals surface area contributed by atoms with Crippen molar-refractivity contribution in [3.63, 3.8) is 0 Å². The number of nitrogens with one attached hydrogen (secondary N) is 1. The first kappa shape index (κ1) is 20.8. The molecule has 2 aromatic carbocycles. The van der Waals surface area contributed by atoms with Crippen LogP contribution in [0.3, 0.4) is 0 Å². The van der Waals surface area contributed by atoms with E-state index in [-0.39, 0.29) is 11.4 Å². The number of likely N-dealkylation sites (N-methyl/N-ethyl adjacent to an activating group) is 1. The molecular formula is C19H20ClN3O3S. The van der Waals surface area contributed by atoms with E-state index in [9.17, 15) is 13.2 Å². The van der Waals surface area contributed by atoms with Gasteiger partial charge in [0.2, 0.25) is 10.0 Å². The van der Waals surface area contributed by atoms with Crippen molar-refractivity contribution in [2.75, 3.05) is 13.6 Å². The van der Waals surface area contributed by atoms with Gasteiger partial charge < -0.3 is 0 Å². The Bertz CT molecular complexity index is 940. The molecule has 2 aromatic rings. The van der Waals surface area contributed by atoms with Crippen LogP contribution in [0.5, 0.6) is 0 Å². The van der Waals surface area contributed by atoms with E-state index in [2.05, 4.69) is 10.5 Å². The predicted octanol–water partition coefficient (Wildman–Crippen LogP) is 3.00. The average molecular weight is 406 g/mol. The lowest BCUT2D eigenvalue weighted by molar-refractivity contribution is -0.121. The molecule has 0 spiro atoms. The minimum Gasteiger partial charge on any atom is -0.272 e. The largest absolute Gasteiger partial charge is 0.272 e. The third-order valence-electron chi connectivity index (χ3n) is 3.58. The van der Waals surface area contributed by atoms with Gasteiger partial charge in [-0.25, -0.2) is 13.8 Å². The molecule has 0 aliphatic heterocycles. The van der Waals surface area contributed by atoms with Gasteiger partial charge in [-0.15, -0.1) is 0 Å². The van der Waals surface area contributed by atoms with Crippen LogP contribution in [0.2, 0.25) is 0 Å². The maximum atomic E-state index is 12.4. The Morgan fingerprint density at radius 2 is 1.78 bits per heavy atom. The van der Waals surface area contributed by atoms with Gasteiger partial charge in [-0.05, 0) is 30.7 Å². The van der Waals surface area contributed by atoms with E-state index in [1.54, 1.807) is 18.2 Å². The molecule has 0 heterocycles. The number of hydrazone groups is 1. The highest BCUT2D eigenvalue weighted by Gasteiger charge is 2.22. The van der Waals surface area contributed by atoms with Crippen molar-refractivity contribution in [1.29, 1.82) is 0 Å². The summed E-state index contributed by atoms with van der Waals surface area (Å²) < 4.78 is 25.8. The van der Waals surface area contributed by atoms with Crippen molar-refractivity contribution in [2.45, 2.75) is 11.8 Å². The Hall–Kier alpha value is -2.48. The number of hydrogen-bond donors (Lipinski definition) is 1. The van der Waals surface area contributed by atoms with Crippen LogP contribution in [-0.2, 0) is 14.8 Å². The van der Waals surface area contributed by atoms with Crippen LogP contribution in [0.25, 0.3) is 6.08 Å². The SMILES string of the molecule is Cc1ccc(S(=O)(=O)N(C)CC(=O)N/N=C\C(Cl)=C\c2ccccc2)cc1. The molecule has 8 heteroatoms. The zero-order chi connectivity index (χ0) is 19.9. The lowest BCUT2D eigenvalue weighted by Gasteiger charge is -2.16. The molecule has 2 rings (SSSR count). The van der Waals surface area contributed by atoms with Crippen LogP contribution in [0.1, 0.15) is 11.1 Å². The molecule has 142 valence electrons. The van der Waals surface area contributed by atoms with Crippen molar-refractivity contribution < 1.29 is 13.2 Å². The smallest absolute Gasteiger partial charge is 0.255 e. The first-order valence-corrected chi connectivity index (χ1v) is 9.88. The van der Waals surface area contributed by atoms with Gasteiger partial charge in [0.15, 0.2) is 0 Å². The highest BCUT2D eigenvalue weighted by Crippen LogP contribution is 2.14. The van der Waals surface area contributed by atoms with Gasteiger partial charge in [-0.2, -0.15) is 9.41 Å². The molecule has 0 radical (unpaired) electrons. The third-order valence-corrected chi connectivity index (χ3v) is 5.60. The predicted molar refractivity (Wildman–Crippen MR) is 108 cm³/mol. The Kier molecular flexibility index (Phi) is 7.29. The number of benzene rings is 2. The number of hydrogen-bond acceptors (Lipinski definition) is 4. The number of aryl methyl sites for hydroxylation is 1. The second kappa shape index (κ2) is 9.45.